The van der Waals surface area contributed by atoms with Crippen LogP contribution in [0.4, 0.5) is 0 Å². The van der Waals surface area contributed by atoms with Crippen LogP contribution in [0.3, 0.4) is 0 Å². The van der Waals surface area contributed by atoms with Crippen molar-refractivity contribution in [3.05, 3.63) is 0 Å². The molecule has 0 amide bonds. The second-order valence-electron chi connectivity index (χ2n) is 8.42. The van der Waals surface area contributed by atoms with Crippen LogP contribution >= 0.6 is 0 Å². The Morgan fingerprint density at radius 3 is 2.26 bits per heavy atom. The van der Waals surface area contributed by atoms with Crippen LogP contribution < -0.4 is 11.1 Å². The third-order valence-corrected chi connectivity index (χ3v) is 3.88. The highest BCUT2D eigenvalue weighted by Gasteiger charge is 2.07. The molecule has 6 heteroatoms. The molecule has 0 aromatic heterocycles. The predicted octanol–water partition coefficient (Wildman–Crippen LogP) is 3.76. The zero-order chi connectivity index (χ0) is 20.5. The first-order valence-corrected chi connectivity index (χ1v) is 10.6. The van der Waals surface area contributed by atoms with Crippen molar-refractivity contribution in [1.29, 1.82) is 0 Å². The molecule has 0 aromatic rings. The minimum absolute atomic E-state index is 0.0511. The van der Waals surface area contributed by atoms with Gasteiger partial charge in [0.25, 0.3) is 0 Å². The van der Waals surface area contributed by atoms with Gasteiger partial charge in [0.15, 0.2) is 0 Å². The van der Waals surface area contributed by atoms with E-state index < -0.39 is 6.23 Å². The number of carbonyl (C=O) groups excluding carboxylic acids is 1. The fourth-order valence-corrected chi connectivity index (χ4v) is 2.50. The van der Waals surface area contributed by atoms with Crippen LogP contribution in [0.15, 0.2) is 0 Å². The normalized spacial score (nSPS) is 13.1. The van der Waals surface area contributed by atoms with E-state index in [9.17, 15) is 4.79 Å². The van der Waals surface area contributed by atoms with Crippen molar-refractivity contribution in [3.8, 4) is 0 Å². The molecule has 0 aliphatic carbocycles. The zero-order valence-electron chi connectivity index (χ0n) is 18.4. The Bertz CT molecular complexity index is 357. The van der Waals surface area contributed by atoms with E-state index in [4.69, 9.17) is 19.9 Å². The fraction of sp³-hybridized carbons (Fsp3) is 0.952. The lowest BCUT2D eigenvalue weighted by molar-refractivity contribution is -0.147. The van der Waals surface area contributed by atoms with Gasteiger partial charge in [0, 0.05) is 25.2 Å². The Balaban J connectivity index is 3.30. The maximum atomic E-state index is 11.4. The van der Waals surface area contributed by atoms with E-state index in [2.05, 4.69) is 26.1 Å². The molecule has 0 fully saturated rings. The van der Waals surface area contributed by atoms with Crippen molar-refractivity contribution < 1.29 is 19.0 Å². The Kier molecular flexibility index (Phi) is 15.9. The first kappa shape index (κ1) is 26.3. The van der Waals surface area contributed by atoms with E-state index in [1.165, 1.54) is 25.7 Å². The average molecular weight is 389 g/mol. The van der Waals surface area contributed by atoms with Crippen LogP contribution in [-0.2, 0) is 19.0 Å². The lowest BCUT2D eigenvalue weighted by Gasteiger charge is -2.20. The van der Waals surface area contributed by atoms with Crippen LogP contribution in [0.1, 0.15) is 86.0 Å². The molecule has 162 valence electrons. The summed E-state index contributed by atoms with van der Waals surface area (Å²) in [5.41, 5.74) is 6.08. The topological polar surface area (TPSA) is 82.8 Å². The number of rotatable bonds is 17. The number of nitrogens with one attached hydrogen (secondary N) is 1. The molecule has 0 saturated heterocycles. The smallest absolute Gasteiger partial charge is 0.306 e. The van der Waals surface area contributed by atoms with E-state index in [1.807, 2.05) is 13.8 Å². The second-order valence-corrected chi connectivity index (χ2v) is 8.42. The molecule has 0 radical (unpaired) electrons. The van der Waals surface area contributed by atoms with Crippen molar-refractivity contribution >= 4 is 5.97 Å². The predicted molar refractivity (Wildman–Crippen MR) is 111 cm³/mol. The van der Waals surface area contributed by atoms with Crippen molar-refractivity contribution in [3.63, 3.8) is 0 Å². The number of nitrogens with two attached hydrogens (primary N) is 1. The van der Waals surface area contributed by atoms with Gasteiger partial charge in [0.1, 0.15) is 6.23 Å². The second kappa shape index (κ2) is 16.3. The molecule has 0 bridgehead atoms. The minimum Gasteiger partial charge on any atom is -0.463 e. The highest BCUT2D eigenvalue weighted by atomic mass is 16.5. The van der Waals surface area contributed by atoms with Gasteiger partial charge in [-0.15, -0.1) is 0 Å². The van der Waals surface area contributed by atoms with E-state index in [-0.39, 0.29) is 17.6 Å². The molecular formula is C21H44N2O4. The van der Waals surface area contributed by atoms with Crippen molar-refractivity contribution in [2.75, 3.05) is 26.4 Å². The number of unbranched alkanes of at least 4 members (excludes halogenated alkanes) is 5. The van der Waals surface area contributed by atoms with Gasteiger partial charge >= 0.3 is 5.97 Å². The van der Waals surface area contributed by atoms with Gasteiger partial charge in [-0.3, -0.25) is 4.79 Å². The van der Waals surface area contributed by atoms with Crippen LogP contribution in [0.25, 0.3) is 0 Å². The van der Waals surface area contributed by atoms with Gasteiger partial charge in [-0.05, 0) is 66.8 Å². The van der Waals surface area contributed by atoms with Crippen LogP contribution in [0.5, 0.6) is 0 Å². The molecule has 0 aromatic carbocycles. The molecular weight excluding hydrogens is 344 g/mol. The van der Waals surface area contributed by atoms with Gasteiger partial charge in [-0.25, -0.2) is 0 Å². The van der Waals surface area contributed by atoms with Gasteiger partial charge < -0.3 is 25.3 Å². The Hall–Kier alpha value is -0.690. The average Bonchev–Trinajstić information content (AvgIpc) is 2.54. The highest BCUT2D eigenvalue weighted by Crippen LogP contribution is 2.05. The Morgan fingerprint density at radius 1 is 0.963 bits per heavy atom. The standard InChI is InChI=1S/C21H44N2O4/c1-18(2)27-20(24)13-9-12-16-26-19(22)17-25-15-11-8-6-7-10-14-23-21(3,4)5/h18-19,23H,6-17,22H2,1-5H3. The van der Waals surface area contributed by atoms with E-state index in [0.717, 1.165) is 32.4 Å². The SMILES string of the molecule is CC(C)OC(=O)CCCCOC(N)COCCCCCCCNC(C)(C)C. The lowest BCUT2D eigenvalue weighted by Crippen LogP contribution is -2.36. The first-order chi connectivity index (χ1) is 12.7. The number of esters is 1. The molecule has 0 aliphatic rings. The molecule has 0 aliphatic heterocycles. The molecule has 0 rings (SSSR count). The molecule has 27 heavy (non-hydrogen) atoms. The van der Waals surface area contributed by atoms with E-state index in [1.54, 1.807) is 0 Å². The summed E-state index contributed by atoms with van der Waals surface area (Å²) in [5.74, 6) is -0.150. The Morgan fingerprint density at radius 2 is 1.59 bits per heavy atom. The molecule has 6 nitrogen and oxygen atoms in total. The summed E-state index contributed by atoms with van der Waals surface area (Å²) < 4.78 is 16.1. The molecule has 1 unspecified atom stereocenters. The quantitative estimate of drug-likeness (QED) is 0.224. The maximum Gasteiger partial charge on any atom is 0.306 e. The van der Waals surface area contributed by atoms with Crippen LogP contribution in [0, 0.1) is 0 Å². The minimum atomic E-state index is -0.393. The summed E-state index contributed by atoms with van der Waals surface area (Å²) in [6, 6.07) is 0. The molecule has 0 spiro atoms. The van der Waals surface area contributed by atoms with Crippen molar-refractivity contribution in [1.82, 2.24) is 5.32 Å². The lowest BCUT2D eigenvalue weighted by atomic mass is 10.1. The third-order valence-electron chi connectivity index (χ3n) is 3.88. The monoisotopic (exact) mass is 388 g/mol. The molecule has 0 heterocycles. The summed E-state index contributed by atoms with van der Waals surface area (Å²) >= 11 is 0. The highest BCUT2D eigenvalue weighted by molar-refractivity contribution is 5.69. The molecule has 1 atom stereocenters. The summed E-state index contributed by atoms with van der Waals surface area (Å²) in [7, 11) is 0. The number of ether oxygens (including phenoxy) is 3. The summed E-state index contributed by atoms with van der Waals surface area (Å²) in [5, 5.41) is 3.51. The van der Waals surface area contributed by atoms with Gasteiger partial charge in [0.2, 0.25) is 0 Å². The fourth-order valence-electron chi connectivity index (χ4n) is 2.50. The van der Waals surface area contributed by atoms with Crippen LogP contribution in [-0.4, -0.2) is 50.2 Å². The molecule has 3 N–H and O–H groups in total. The summed E-state index contributed by atoms with van der Waals surface area (Å²) in [6.07, 6.45) is 7.53. The van der Waals surface area contributed by atoms with Crippen LogP contribution in [0.2, 0.25) is 0 Å². The molecule has 0 saturated carbocycles. The number of hydrogen-bond donors (Lipinski definition) is 2. The van der Waals surface area contributed by atoms with Crippen molar-refractivity contribution in [2.24, 2.45) is 5.73 Å². The van der Waals surface area contributed by atoms with E-state index in [0.29, 0.717) is 19.6 Å². The zero-order valence-corrected chi connectivity index (χ0v) is 18.4. The summed E-state index contributed by atoms with van der Waals surface area (Å²) in [6.45, 7) is 13.1. The summed E-state index contributed by atoms with van der Waals surface area (Å²) in [4.78, 5) is 11.4. The van der Waals surface area contributed by atoms with Gasteiger partial charge in [-0.1, -0.05) is 19.3 Å². The Labute approximate surface area is 166 Å². The van der Waals surface area contributed by atoms with Crippen molar-refractivity contribution in [2.45, 2.75) is 104 Å². The van der Waals surface area contributed by atoms with E-state index >= 15 is 0 Å². The number of carbonyl (C=O) groups is 1. The van der Waals surface area contributed by atoms with Gasteiger partial charge in [0.05, 0.1) is 12.7 Å². The number of hydrogen-bond acceptors (Lipinski definition) is 6. The largest absolute Gasteiger partial charge is 0.463 e. The van der Waals surface area contributed by atoms with Gasteiger partial charge in [-0.2, -0.15) is 0 Å². The third kappa shape index (κ3) is 21.5. The first-order valence-electron chi connectivity index (χ1n) is 10.6. The maximum absolute atomic E-state index is 11.4.